The molecule has 1 heterocycles. The highest BCUT2D eigenvalue weighted by Crippen LogP contribution is 2.20. The van der Waals surface area contributed by atoms with E-state index >= 15 is 0 Å². The van der Waals surface area contributed by atoms with Gasteiger partial charge in [-0.3, -0.25) is 5.84 Å². The van der Waals surface area contributed by atoms with Crippen LogP contribution in [0.3, 0.4) is 0 Å². The van der Waals surface area contributed by atoms with Crippen molar-refractivity contribution >= 4 is 0 Å². The van der Waals surface area contributed by atoms with Crippen LogP contribution in [0.15, 0.2) is 12.4 Å². The second kappa shape index (κ2) is 6.62. The number of hydrazine groups is 1. The zero-order valence-corrected chi connectivity index (χ0v) is 10.3. The number of aryl methyl sites for hydroxylation is 1. The van der Waals surface area contributed by atoms with Crippen molar-refractivity contribution in [3.05, 3.63) is 18.2 Å². The Bertz CT molecular complexity index is 294. The summed E-state index contributed by atoms with van der Waals surface area (Å²) in [6, 6.07) is -0.0556. The van der Waals surface area contributed by atoms with Crippen LogP contribution in [0.4, 0.5) is 0 Å². The van der Waals surface area contributed by atoms with Gasteiger partial charge in [0, 0.05) is 26.0 Å². The second-order valence-corrected chi connectivity index (χ2v) is 3.82. The van der Waals surface area contributed by atoms with Gasteiger partial charge in [0.05, 0.1) is 6.10 Å². The third kappa shape index (κ3) is 3.04. The van der Waals surface area contributed by atoms with Crippen molar-refractivity contribution in [1.82, 2.24) is 15.0 Å². The van der Waals surface area contributed by atoms with E-state index in [-0.39, 0.29) is 12.1 Å². The molecule has 0 aliphatic rings. The quantitative estimate of drug-likeness (QED) is 0.540. The Balaban J connectivity index is 2.81. The molecule has 0 saturated carbocycles. The van der Waals surface area contributed by atoms with Crippen LogP contribution in [-0.4, -0.2) is 22.3 Å². The van der Waals surface area contributed by atoms with Gasteiger partial charge in [-0.2, -0.15) is 0 Å². The van der Waals surface area contributed by atoms with Crippen molar-refractivity contribution in [1.29, 1.82) is 0 Å². The molecule has 1 aromatic heterocycles. The zero-order valence-electron chi connectivity index (χ0n) is 10.3. The predicted molar refractivity (Wildman–Crippen MR) is 63.6 cm³/mol. The normalized spacial score (nSPS) is 15.0. The van der Waals surface area contributed by atoms with Gasteiger partial charge in [0.2, 0.25) is 0 Å². The van der Waals surface area contributed by atoms with E-state index in [1.807, 2.05) is 24.7 Å². The first-order valence-corrected chi connectivity index (χ1v) is 5.79. The largest absolute Gasteiger partial charge is 0.376 e. The smallest absolute Gasteiger partial charge is 0.129 e. The van der Waals surface area contributed by atoms with Crippen LogP contribution in [-0.2, 0) is 11.8 Å². The Labute approximate surface area is 97.0 Å². The van der Waals surface area contributed by atoms with E-state index in [0.29, 0.717) is 6.61 Å². The molecule has 0 fully saturated rings. The molecule has 1 aromatic rings. The standard InChI is InChI=1S/C11H22N4O/c1-4-6-9(16-5-2)10(14-12)11-13-7-8-15(11)3/h7-10,14H,4-6,12H2,1-3H3. The molecule has 0 aliphatic heterocycles. The molecule has 0 radical (unpaired) electrons. The van der Waals surface area contributed by atoms with Crippen molar-refractivity contribution in [2.75, 3.05) is 6.61 Å². The number of rotatable bonds is 7. The highest BCUT2D eigenvalue weighted by atomic mass is 16.5. The molecule has 16 heavy (non-hydrogen) atoms. The van der Waals surface area contributed by atoms with Gasteiger partial charge in [-0.05, 0) is 13.3 Å². The average molecular weight is 226 g/mol. The Morgan fingerprint density at radius 3 is 2.75 bits per heavy atom. The van der Waals surface area contributed by atoms with E-state index in [2.05, 4.69) is 17.3 Å². The molecule has 92 valence electrons. The Kier molecular flexibility index (Phi) is 5.45. The molecular weight excluding hydrogens is 204 g/mol. The summed E-state index contributed by atoms with van der Waals surface area (Å²) in [5, 5.41) is 0. The van der Waals surface area contributed by atoms with Gasteiger partial charge in [-0.25, -0.2) is 10.4 Å². The summed E-state index contributed by atoms with van der Waals surface area (Å²) in [7, 11) is 1.96. The number of nitrogens with two attached hydrogens (primary N) is 1. The zero-order chi connectivity index (χ0) is 12.0. The number of aromatic nitrogens is 2. The van der Waals surface area contributed by atoms with Crippen molar-refractivity contribution in [3.8, 4) is 0 Å². The first-order valence-electron chi connectivity index (χ1n) is 5.79. The van der Waals surface area contributed by atoms with E-state index < -0.39 is 0 Å². The number of hydrogen-bond donors (Lipinski definition) is 2. The Morgan fingerprint density at radius 1 is 1.56 bits per heavy atom. The SMILES string of the molecule is CCCC(OCC)C(NN)c1nccn1C. The number of ether oxygens (including phenoxy) is 1. The van der Waals surface area contributed by atoms with Gasteiger partial charge >= 0.3 is 0 Å². The van der Waals surface area contributed by atoms with E-state index in [1.54, 1.807) is 6.20 Å². The molecule has 1 rings (SSSR count). The fourth-order valence-corrected chi connectivity index (χ4v) is 1.87. The maximum absolute atomic E-state index is 5.72. The number of nitrogens with zero attached hydrogens (tertiary/aromatic N) is 2. The fraction of sp³-hybridized carbons (Fsp3) is 0.727. The second-order valence-electron chi connectivity index (χ2n) is 3.82. The molecule has 2 atom stereocenters. The minimum Gasteiger partial charge on any atom is -0.376 e. The third-order valence-corrected chi connectivity index (χ3v) is 2.64. The van der Waals surface area contributed by atoms with E-state index in [4.69, 9.17) is 10.6 Å². The van der Waals surface area contributed by atoms with Crippen LogP contribution in [0.5, 0.6) is 0 Å². The van der Waals surface area contributed by atoms with Gasteiger partial charge in [0.15, 0.2) is 0 Å². The lowest BCUT2D eigenvalue weighted by molar-refractivity contribution is 0.0247. The topological polar surface area (TPSA) is 65.1 Å². The molecule has 0 saturated heterocycles. The van der Waals surface area contributed by atoms with E-state index in [9.17, 15) is 0 Å². The molecule has 0 spiro atoms. The minimum atomic E-state index is -0.0556. The summed E-state index contributed by atoms with van der Waals surface area (Å²) in [5.74, 6) is 6.52. The van der Waals surface area contributed by atoms with Gasteiger partial charge in [-0.1, -0.05) is 13.3 Å². The molecule has 5 nitrogen and oxygen atoms in total. The van der Waals surface area contributed by atoms with Crippen molar-refractivity contribution in [3.63, 3.8) is 0 Å². The predicted octanol–water partition coefficient (Wildman–Crippen LogP) is 1.13. The molecule has 2 unspecified atom stereocenters. The molecular formula is C11H22N4O. The third-order valence-electron chi connectivity index (χ3n) is 2.64. The fourth-order valence-electron chi connectivity index (χ4n) is 1.87. The number of hydrogen-bond acceptors (Lipinski definition) is 4. The first-order chi connectivity index (χ1) is 7.74. The molecule has 0 amide bonds. The average Bonchev–Trinajstić information content (AvgIpc) is 2.67. The van der Waals surface area contributed by atoms with Crippen molar-refractivity contribution in [2.45, 2.75) is 38.8 Å². The summed E-state index contributed by atoms with van der Waals surface area (Å²) in [6.45, 7) is 4.82. The Hall–Kier alpha value is -0.910. The van der Waals surface area contributed by atoms with Crippen LogP contribution in [0.25, 0.3) is 0 Å². The molecule has 0 aliphatic carbocycles. The van der Waals surface area contributed by atoms with Crippen LogP contribution in [0.1, 0.15) is 38.6 Å². The molecule has 5 heteroatoms. The van der Waals surface area contributed by atoms with Gasteiger partial charge in [0.1, 0.15) is 11.9 Å². The maximum Gasteiger partial charge on any atom is 0.129 e. The monoisotopic (exact) mass is 226 g/mol. The summed E-state index contributed by atoms with van der Waals surface area (Å²) in [6.07, 6.45) is 5.78. The number of imidazole rings is 1. The highest BCUT2D eigenvalue weighted by Gasteiger charge is 2.24. The lowest BCUT2D eigenvalue weighted by atomic mass is 10.1. The van der Waals surface area contributed by atoms with Crippen LogP contribution in [0.2, 0.25) is 0 Å². The lowest BCUT2D eigenvalue weighted by Gasteiger charge is -2.25. The first kappa shape index (κ1) is 13.2. The highest BCUT2D eigenvalue weighted by molar-refractivity contribution is 5.01. The number of nitrogens with one attached hydrogen (secondary N) is 1. The molecule has 0 bridgehead atoms. The molecule has 3 N–H and O–H groups in total. The van der Waals surface area contributed by atoms with E-state index in [0.717, 1.165) is 18.7 Å². The summed E-state index contributed by atoms with van der Waals surface area (Å²) in [5.41, 5.74) is 2.81. The summed E-state index contributed by atoms with van der Waals surface area (Å²) in [4.78, 5) is 4.31. The van der Waals surface area contributed by atoms with E-state index in [1.165, 1.54) is 0 Å². The molecule has 0 aromatic carbocycles. The van der Waals surface area contributed by atoms with Crippen LogP contribution in [0, 0.1) is 0 Å². The summed E-state index contributed by atoms with van der Waals surface area (Å²) < 4.78 is 7.68. The van der Waals surface area contributed by atoms with Gasteiger partial charge in [0.25, 0.3) is 0 Å². The Morgan fingerprint density at radius 2 is 2.31 bits per heavy atom. The lowest BCUT2D eigenvalue weighted by Crippen LogP contribution is -2.39. The van der Waals surface area contributed by atoms with Crippen molar-refractivity contribution < 1.29 is 4.74 Å². The van der Waals surface area contributed by atoms with Crippen molar-refractivity contribution in [2.24, 2.45) is 12.9 Å². The van der Waals surface area contributed by atoms with Crippen LogP contribution < -0.4 is 11.3 Å². The van der Waals surface area contributed by atoms with Gasteiger partial charge in [-0.15, -0.1) is 0 Å². The van der Waals surface area contributed by atoms with Crippen LogP contribution >= 0.6 is 0 Å². The maximum atomic E-state index is 5.72. The minimum absolute atomic E-state index is 0.0556. The summed E-state index contributed by atoms with van der Waals surface area (Å²) >= 11 is 0. The van der Waals surface area contributed by atoms with Gasteiger partial charge < -0.3 is 9.30 Å².